The first-order chi connectivity index (χ1) is 5.79. The third-order valence-corrected chi connectivity index (χ3v) is 2.92. The zero-order valence-corrected chi connectivity index (χ0v) is 10.6. The van der Waals surface area contributed by atoms with E-state index in [1.165, 1.54) is 5.56 Å². The third-order valence-electron chi connectivity index (χ3n) is 1.64. The number of halogens is 2. The van der Waals surface area contributed by atoms with E-state index >= 15 is 0 Å². The molecule has 0 aliphatic heterocycles. The summed E-state index contributed by atoms with van der Waals surface area (Å²) in [5, 5.41) is 0. The predicted octanol–water partition coefficient (Wildman–Crippen LogP) is 3.44. The van der Waals surface area contributed by atoms with E-state index in [0.29, 0.717) is 0 Å². The average molecular weight is 341 g/mol. The lowest BCUT2D eigenvalue weighted by molar-refractivity contribution is 0.410. The molecule has 0 atom stereocenters. The van der Waals surface area contributed by atoms with E-state index in [4.69, 9.17) is 4.74 Å². The Balaban J connectivity index is 3.02. The summed E-state index contributed by atoms with van der Waals surface area (Å²) in [7, 11) is 1.71. The molecule has 0 saturated carbocycles. The highest BCUT2D eigenvalue weighted by molar-refractivity contribution is 14.1. The van der Waals surface area contributed by atoms with E-state index in [2.05, 4.69) is 38.5 Å². The van der Waals surface area contributed by atoms with Crippen molar-refractivity contribution in [3.8, 4) is 5.75 Å². The summed E-state index contributed by atoms with van der Waals surface area (Å²) in [6, 6.07) is 6.02. The Morgan fingerprint density at radius 1 is 1.50 bits per heavy atom. The van der Waals surface area contributed by atoms with Crippen LogP contribution in [0.25, 0.3) is 0 Å². The summed E-state index contributed by atoms with van der Waals surface area (Å²) in [6.07, 6.45) is 1.05. The second-order valence-electron chi connectivity index (χ2n) is 2.36. The molecule has 1 rings (SSSR count). The molecule has 0 aliphatic carbocycles. The van der Waals surface area contributed by atoms with Crippen LogP contribution in [-0.2, 0) is 6.42 Å². The minimum absolute atomic E-state index is 0.973. The van der Waals surface area contributed by atoms with Crippen molar-refractivity contribution in [2.45, 2.75) is 6.42 Å². The molecule has 0 heterocycles. The van der Waals surface area contributed by atoms with E-state index in [1.807, 2.05) is 18.2 Å². The van der Waals surface area contributed by atoms with E-state index in [1.54, 1.807) is 7.11 Å². The number of hydrogen-bond donors (Lipinski definition) is 0. The van der Waals surface area contributed by atoms with Crippen molar-refractivity contribution in [3.05, 3.63) is 28.2 Å². The van der Waals surface area contributed by atoms with Crippen molar-refractivity contribution >= 4 is 38.5 Å². The molecule has 0 fully saturated rings. The van der Waals surface area contributed by atoms with Crippen molar-refractivity contribution in [1.29, 1.82) is 0 Å². The summed E-state index contributed by atoms with van der Waals surface area (Å²) in [5.41, 5.74) is 1.26. The van der Waals surface area contributed by atoms with Gasteiger partial charge in [0, 0.05) is 14.5 Å². The Hall–Kier alpha value is 0.230. The van der Waals surface area contributed by atoms with E-state index in [0.717, 1.165) is 21.1 Å². The van der Waals surface area contributed by atoms with Crippen LogP contribution in [0, 0.1) is 0 Å². The topological polar surface area (TPSA) is 9.23 Å². The lowest BCUT2D eigenvalue weighted by Crippen LogP contribution is -1.93. The van der Waals surface area contributed by atoms with Crippen molar-refractivity contribution in [2.75, 3.05) is 11.5 Å². The first-order valence-corrected chi connectivity index (χ1v) is 5.98. The molecule has 1 aromatic rings. The van der Waals surface area contributed by atoms with E-state index in [9.17, 15) is 0 Å². The highest BCUT2D eigenvalue weighted by Crippen LogP contribution is 2.27. The van der Waals surface area contributed by atoms with Crippen molar-refractivity contribution < 1.29 is 4.74 Å². The normalized spacial score (nSPS) is 9.92. The Morgan fingerprint density at radius 3 is 2.83 bits per heavy atom. The fourth-order valence-electron chi connectivity index (χ4n) is 1.07. The fraction of sp³-hybridized carbons (Fsp3) is 0.333. The summed E-state index contributed by atoms with van der Waals surface area (Å²) in [5.74, 6) is 0.973. The summed E-state index contributed by atoms with van der Waals surface area (Å²) in [6.45, 7) is 0. The van der Waals surface area contributed by atoms with Gasteiger partial charge in [-0.1, -0.05) is 44.6 Å². The highest BCUT2D eigenvalue weighted by atomic mass is 127. The van der Waals surface area contributed by atoms with E-state index < -0.39 is 0 Å². The van der Waals surface area contributed by atoms with Crippen molar-refractivity contribution in [2.24, 2.45) is 0 Å². The number of ether oxygens (including phenoxy) is 1. The molecule has 3 heteroatoms. The van der Waals surface area contributed by atoms with Gasteiger partial charge in [-0.3, -0.25) is 0 Å². The Morgan fingerprint density at radius 2 is 2.25 bits per heavy atom. The molecule has 0 aromatic heterocycles. The molecule has 0 N–H and O–H groups in total. The van der Waals surface area contributed by atoms with Gasteiger partial charge < -0.3 is 4.74 Å². The molecular formula is C9H10BrIO. The maximum absolute atomic E-state index is 5.25. The van der Waals surface area contributed by atoms with Gasteiger partial charge in [0.15, 0.2) is 0 Å². The quantitative estimate of drug-likeness (QED) is 0.605. The van der Waals surface area contributed by atoms with Crippen LogP contribution in [0.1, 0.15) is 5.56 Å². The van der Waals surface area contributed by atoms with Gasteiger partial charge in [-0.05, 0) is 18.6 Å². The van der Waals surface area contributed by atoms with Gasteiger partial charge >= 0.3 is 0 Å². The van der Waals surface area contributed by atoms with Gasteiger partial charge in [0.05, 0.1) is 7.11 Å². The second-order valence-corrected chi connectivity index (χ2v) is 4.29. The summed E-state index contributed by atoms with van der Waals surface area (Å²) < 4.78 is 7.49. The predicted molar refractivity (Wildman–Crippen MR) is 63.3 cm³/mol. The molecule has 1 aromatic carbocycles. The Kier molecular flexibility index (Phi) is 4.35. The fourth-order valence-corrected chi connectivity index (χ4v) is 2.15. The molecule has 0 aliphatic rings. The molecule has 1 nitrogen and oxygen atoms in total. The van der Waals surface area contributed by atoms with Gasteiger partial charge in [-0.25, -0.2) is 0 Å². The van der Waals surface area contributed by atoms with E-state index in [-0.39, 0.29) is 0 Å². The lowest BCUT2D eigenvalue weighted by Gasteiger charge is -2.08. The number of alkyl halides is 1. The smallest absolute Gasteiger partial charge is 0.123 e. The molecular weight excluding hydrogens is 331 g/mol. The Labute approximate surface area is 94.8 Å². The zero-order chi connectivity index (χ0) is 8.97. The number of hydrogen-bond acceptors (Lipinski definition) is 1. The van der Waals surface area contributed by atoms with Crippen LogP contribution in [0.15, 0.2) is 22.7 Å². The second kappa shape index (κ2) is 5.07. The molecule has 0 amide bonds. The molecule has 66 valence electrons. The maximum Gasteiger partial charge on any atom is 0.123 e. The van der Waals surface area contributed by atoms with Crippen LogP contribution >= 0.6 is 38.5 Å². The van der Waals surface area contributed by atoms with Crippen LogP contribution in [0.4, 0.5) is 0 Å². The SMILES string of the molecule is COc1cccc(Br)c1CCI. The molecule has 0 bridgehead atoms. The largest absolute Gasteiger partial charge is 0.496 e. The van der Waals surface area contributed by atoms with Crippen LogP contribution in [-0.4, -0.2) is 11.5 Å². The van der Waals surface area contributed by atoms with Crippen LogP contribution in [0.3, 0.4) is 0 Å². The minimum atomic E-state index is 0.973. The zero-order valence-electron chi connectivity index (χ0n) is 6.81. The average Bonchev–Trinajstić information content (AvgIpc) is 2.09. The van der Waals surface area contributed by atoms with Crippen molar-refractivity contribution in [1.82, 2.24) is 0 Å². The Bertz CT molecular complexity index is 263. The first-order valence-electron chi connectivity index (χ1n) is 3.67. The summed E-state index contributed by atoms with van der Waals surface area (Å²) in [4.78, 5) is 0. The van der Waals surface area contributed by atoms with Crippen LogP contribution < -0.4 is 4.74 Å². The highest BCUT2D eigenvalue weighted by Gasteiger charge is 2.04. The standard InChI is InChI=1S/C9H10BrIO/c1-12-9-4-2-3-8(10)7(9)5-6-11/h2-4H,5-6H2,1H3. The van der Waals surface area contributed by atoms with Gasteiger partial charge in [0.2, 0.25) is 0 Å². The molecule has 0 unspecified atom stereocenters. The summed E-state index contributed by atoms with van der Waals surface area (Å²) >= 11 is 5.87. The lowest BCUT2D eigenvalue weighted by atomic mass is 10.1. The number of methoxy groups -OCH3 is 1. The third kappa shape index (κ3) is 2.36. The van der Waals surface area contributed by atoms with Crippen LogP contribution in [0.5, 0.6) is 5.75 Å². The van der Waals surface area contributed by atoms with Crippen LogP contribution in [0.2, 0.25) is 0 Å². The maximum atomic E-state index is 5.25. The number of rotatable bonds is 3. The first kappa shape index (κ1) is 10.3. The molecule has 0 spiro atoms. The van der Waals surface area contributed by atoms with Gasteiger partial charge in [-0.15, -0.1) is 0 Å². The van der Waals surface area contributed by atoms with Crippen molar-refractivity contribution in [3.63, 3.8) is 0 Å². The monoisotopic (exact) mass is 340 g/mol. The van der Waals surface area contributed by atoms with Gasteiger partial charge in [-0.2, -0.15) is 0 Å². The molecule has 12 heavy (non-hydrogen) atoms. The minimum Gasteiger partial charge on any atom is -0.496 e. The molecule has 0 saturated heterocycles. The van der Waals surface area contributed by atoms with Gasteiger partial charge in [0.25, 0.3) is 0 Å². The molecule has 0 radical (unpaired) electrons. The number of benzene rings is 1. The van der Waals surface area contributed by atoms with Gasteiger partial charge in [0.1, 0.15) is 5.75 Å².